The van der Waals surface area contributed by atoms with Crippen molar-refractivity contribution in [1.29, 1.82) is 0 Å². The average Bonchev–Trinajstić information content (AvgIpc) is 2.77. The van der Waals surface area contributed by atoms with Crippen LogP contribution in [0.4, 0.5) is 5.69 Å². The molecule has 1 heterocycles. The van der Waals surface area contributed by atoms with Crippen LogP contribution in [0, 0.1) is 10.1 Å². The average molecular weight is 256 g/mol. The van der Waals surface area contributed by atoms with Crippen molar-refractivity contribution < 1.29 is 14.8 Å². The van der Waals surface area contributed by atoms with Crippen LogP contribution in [-0.4, -0.2) is 38.4 Å². The molecule has 18 heavy (non-hydrogen) atoms. The maximum absolute atomic E-state index is 11.6. The molecule has 1 rings (SSSR count). The lowest BCUT2D eigenvalue weighted by molar-refractivity contribution is -0.385. The second-order valence-corrected chi connectivity index (χ2v) is 3.84. The monoisotopic (exact) mass is 256 g/mol. The Balaban J connectivity index is 2.50. The maximum atomic E-state index is 11.6. The molecule has 1 unspecified atom stereocenters. The van der Waals surface area contributed by atoms with Gasteiger partial charge in [-0.05, 0) is 12.8 Å². The van der Waals surface area contributed by atoms with E-state index in [1.807, 2.05) is 6.92 Å². The number of nitrogens with zero attached hydrogens (tertiary/aromatic N) is 3. The molecular weight excluding hydrogens is 240 g/mol. The number of aliphatic hydroxyl groups excluding tert-OH is 1. The normalized spacial score (nSPS) is 12.1. The molecule has 0 aliphatic heterocycles. The molecule has 8 nitrogen and oxygen atoms in total. The van der Waals surface area contributed by atoms with E-state index in [-0.39, 0.29) is 30.8 Å². The number of aliphatic hydroxyl groups is 1. The standard InChI is InChI=1S/C10H16N4O4/c1-2-8(3-4-15)12-10(16)7-13-6-9(5-11-13)14(17)18/h5-6,8,15H,2-4,7H2,1H3,(H,12,16). The van der Waals surface area contributed by atoms with E-state index in [2.05, 4.69) is 10.4 Å². The molecule has 8 heteroatoms. The van der Waals surface area contributed by atoms with E-state index in [1.54, 1.807) is 0 Å². The van der Waals surface area contributed by atoms with Crippen LogP contribution >= 0.6 is 0 Å². The molecular formula is C10H16N4O4. The number of rotatable bonds is 7. The Kier molecular flexibility index (Phi) is 5.25. The molecule has 1 aromatic rings. The van der Waals surface area contributed by atoms with Crippen LogP contribution in [-0.2, 0) is 11.3 Å². The lowest BCUT2D eigenvalue weighted by atomic mass is 10.1. The van der Waals surface area contributed by atoms with Crippen LogP contribution in [0.1, 0.15) is 19.8 Å². The summed E-state index contributed by atoms with van der Waals surface area (Å²) in [5.41, 5.74) is -0.148. The number of hydrogen-bond acceptors (Lipinski definition) is 5. The van der Waals surface area contributed by atoms with Crippen molar-refractivity contribution >= 4 is 11.6 Å². The molecule has 1 atom stereocenters. The molecule has 1 aromatic heterocycles. The molecule has 0 saturated heterocycles. The highest BCUT2D eigenvalue weighted by atomic mass is 16.6. The Morgan fingerprint density at radius 2 is 2.44 bits per heavy atom. The minimum atomic E-state index is -0.567. The van der Waals surface area contributed by atoms with Gasteiger partial charge in [0.05, 0.1) is 4.92 Å². The third kappa shape index (κ3) is 4.13. The number of carbonyl (C=O) groups excluding carboxylic acids is 1. The molecule has 1 amide bonds. The van der Waals surface area contributed by atoms with Gasteiger partial charge in [0.2, 0.25) is 5.91 Å². The zero-order chi connectivity index (χ0) is 13.5. The summed E-state index contributed by atoms with van der Waals surface area (Å²) in [7, 11) is 0. The molecule has 0 aliphatic rings. The van der Waals surface area contributed by atoms with E-state index in [4.69, 9.17) is 5.11 Å². The van der Waals surface area contributed by atoms with Crippen LogP contribution in [0.5, 0.6) is 0 Å². The SMILES string of the molecule is CCC(CCO)NC(=O)Cn1cc([N+](=O)[O-])cn1. The quantitative estimate of drug-likeness (QED) is 0.529. The van der Waals surface area contributed by atoms with Crippen molar-refractivity contribution in [2.24, 2.45) is 0 Å². The molecule has 2 N–H and O–H groups in total. The third-order valence-electron chi connectivity index (χ3n) is 2.47. The van der Waals surface area contributed by atoms with Crippen LogP contribution < -0.4 is 5.32 Å². The zero-order valence-corrected chi connectivity index (χ0v) is 10.1. The predicted octanol–water partition coefficient (Wildman–Crippen LogP) is 0.0685. The van der Waals surface area contributed by atoms with E-state index < -0.39 is 4.92 Å². The maximum Gasteiger partial charge on any atom is 0.307 e. The fraction of sp³-hybridized carbons (Fsp3) is 0.600. The zero-order valence-electron chi connectivity index (χ0n) is 10.1. The van der Waals surface area contributed by atoms with Gasteiger partial charge in [0.15, 0.2) is 0 Å². The van der Waals surface area contributed by atoms with Crippen molar-refractivity contribution in [3.8, 4) is 0 Å². The fourth-order valence-corrected chi connectivity index (χ4v) is 1.49. The van der Waals surface area contributed by atoms with Crippen molar-refractivity contribution in [3.05, 3.63) is 22.5 Å². The van der Waals surface area contributed by atoms with Gasteiger partial charge in [-0.2, -0.15) is 5.10 Å². The Hall–Kier alpha value is -1.96. The molecule has 0 spiro atoms. The number of nitro groups is 1. The Bertz CT molecular complexity index is 418. The van der Waals surface area contributed by atoms with Gasteiger partial charge < -0.3 is 10.4 Å². The highest BCUT2D eigenvalue weighted by Crippen LogP contribution is 2.07. The number of carbonyl (C=O) groups is 1. The van der Waals surface area contributed by atoms with Crippen molar-refractivity contribution in [1.82, 2.24) is 15.1 Å². The second-order valence-electron chi connectivity index (χ2n) is 3.84. The highest BCUT2D eigenvalue weighted by Gasteiger charge is 2.13. The third-order valence-corrected chi connectivity index (χ3v) is 2.47. The predicted molar refractivity (Wildman–Crippen MR) is 62.8 cm³/mol. The van der Waals surface area contributed by atoms with Crippen molar-refractivity contribution in [2.45, 2.75) is 32.4 Å². The van der Waals surface area contributed by atoms with Gasteiger partial charge >= 0.3 is 5.69 Å². The van der Waals surface area contributed by atoms with E-state index in [0.29, 0.717) is 12.8 Å². The molecule has 100 valence electrons. The minimum absolute atomic E-state index is 0.00598. The molecule has 0 fully saturated rings. The molecule has 0 radical (unpaired) electrons. The number of amides is 1. The van der Waals surface area contributed by atoms with Crippen LogP contribution in [0.15, 0.2) is 12.4 Å². The minimum Gasteiger partial charge on any atom is -0.396 e. The first-order valence-corrected chi connectivity index (χ1v) is 5.63. The van der Waals surface area contributed by atoms with Crippen LogP contribution in [0.25, 0.3) is 0 Å². The van der Waals surface area contributed by atoms with Crippen molar-refractivity contribution in [2.75, 3.05) is 6.61 Å². The Morgan fingerprint density at radius 3 is 2.94 bits per heavy atom. The van der Waals surface area contributed by atoms with E-state index in [0.717, 1.165) is 6.20 Å². The first-order valence-electron chi connectivity index (χ1n) is 5.63. The van der Waals surface area contributed by atoms with E-state index >= 15 is 0 Å². The first-order chi connectivity index (χ1) is 8.56. The molecule has 0 bridgehead atoms. The van der Waals surface area contributed by atoms with Gasteiger partial charge in [0.1, 0.15) is 18.9 Å². The van der Waals surface area contributed by atoms with Gasteiger partial charge in [-0.25, -0.2) is 0 Å². The van der Waals surface area contributed by atoms with Crippen LogP contribution in [0.3, 0.4) is 0 Å². The smallest absolute Gasteiger partial charge is 0.307 e. The van der Waals surface area contributed by atoms with Crippen LogP contribution in [0.2, 0.25) is 0 Å². The summed E-state index contributed by atoms with van der Waals surface area (Å²) < 4.78 is 1.21. The lowest BCUT2D eigenvalue weighted by Crippen LogP contribution is -2.37. The van der Waals surface area contributed by atoms with Gasteiger partial charge in [-0.15, -0.1) is 0 Å². The molecule has 0 saturated carbocycles. The number of aromatic nitrogens is 2. The van der Waals surface area contributed by atoms with Gasteiger partial charge in [0.25, 0.3) is 0 Å². The topological polar surface area (TPSA) is 110 Å². The summed E-state index contributed by atoms with van der Waals surface area (Å²) >= 11 is 0. The summed E-state index contributed by atoms with van der Waals surface area (Å²) in [6.07, 6.45) is 3.50. The number of hydrogen-bond donors (Lipinski definition) is 2. The summed E-state index contributed by atoms with van der Waals surface area (Å²) in [5, 5.41) is 25.7. The van der Waals surface area contributed by atoms with E-state index in [1.165, 1.54) is 10.9 Å². The van der Waals surface area contributed by atoms with Gasteiger partial charge in [0, 0.05) is 12.6 Å². The summed E-state index contributed by atoms with van der Waals surface area (Å²) in [6.45, 7) is 1.83. The van der Waals surface area contributed by atoms with Crippen molar-refractivity contribution in [3.63, 3.8) is 0 Å². The summed E-state index contributed by atoms with van der Waals surface area (Å²) in [5.74, 6) is -0.284. The summed E-state index contributed by atoms with van der Waals surface area (Å²) in [4.78, 5) is 21.5. The number of nitrogens with one attached hydrogen (secondary N) is 1. The Labute approximate surface area is 104 Å². The van der Waals surface area contributed by atoms with Gasteiger partial charge in [-0.3, -0.25) is 19.6 Å². The molecule has 0 aliphatic carbocycles. The van der Waals surface area contributed by atoms with E-state index in [9.17, 15) is 14.9 Å². The van der Waals surface area contributed by atoms with Gasteiger partial charge in [-0.1, -0.05) is 6.92 Å². The largest absolute Gasteiger partial charge is 0.396 e. The highest BCUT2D eigenvalue weighted by molar-refractivity contribution is 5.76. The second kappa shape index (κ2) is 6.70. The molecule has 0 aromatic carbocycles. The lowest BCUT2D eigenvalue weighted by Gasteiger charge is -2.15. The first kappa shape index (κ1) is 14.1. The fourth-order valence-electron chi connectivity index (χ4n) is 1.49. The summed E-state index contributed by atoms with van der Waals surface area (Å²) in [6, 6.07) is -0.0898. The Morgan fingerprint density at radius 1 is 1.72 bits per heavy atom.